The molecule has 0 saturated heterocycles. The first-order chi connectivity index (χ1) is 11.1. The molecule has 1 N–H and O–H groups in total. The molecular weight excluding hydrogens is 420 g/mol. The second kappa shape index (κ2) is 12.5. The molecule has 0 radical (unpaired) electrons. The van der Waals surface area contributed by atoms with Crippen LogP contribution < -0.4 is 0 Å². The number of nitrogens with zero attached hydrogens (tertiary/aromatic N) is 1. The van der Waals surface area contributed by atoms with Gasteiger partial charge in [0.15, 0.2) is 0 Å². The number of hydrogen-bond acceptors (Lipinski definition) is 2. The molecule has 0 heterocycles. The first kappa shape index (κ1) is 24.2. The van der Waals surface area contributed by atoms with Crippen LogP contribution in [0.3, 0.4) is 0 Å². The van der Waals surface area contributed by atoms with Crippen molar-refractivity contribution in [1.29, 1.82) is 0 Å². The van der Waals surface area contributed by atoms with Gasteiger partial charge in [-0.3, -0.25) is 4.99 Å². The minimum absolute atomic E-state index is 0.0587. The zero-order valence-corrected chi connectivity index (χ0v) is 19.7. The van der Waals surface area contributed by atoms with Crippen LogP contribution in [0.2, 0.25) is 0 Å². The van der Waals surface area contributed by atoms with Crippen molar-refractivity contribution < 1.29 is 26.0 Å². The molecule has 0 aromatic heterocycles. The Balaban J connectivity index is 0.00000163. The minimum atomic E-state index is -0.826. The van der Waals surface area contributed by atoms with Gasteiger partial charge in [-0.25, -0.2) is 0 Å². The standard InChI is InChI=1S/C19H31NO.2ClH.Zr/c1-14(2)9-7-10-15(3)20-13-16-11-8-12-17(18(16)21)19(4,5)6;;;/h8,11-15,21H,7,9-10H2,1-6H3;2*1H;/q;;;+2/p-2. The molecule has 0 fully saturated rings. The molecule has 1 unspecified atom stereocenters. The molecule has 0 aliphatic carbocycles. The molecule has 24 heavy (non-hydrogen) atoms. The van der Waals surface area contributed by atoms with Crippen molar-refractivity contribution in [3.8, 4) is 5.75 Å². The van der Waals surface area contributed by atoms with Gasteiger partial charge in [0.1, 0.15) is 5.75 Å². The zero-order chi connectivity index (χ0) is 18.8. The van der Waals surface area contributed by atoms with E-state index in [0.29, 0.717) is 11.8 Å². The quantitative estimate of drug-likeness (QED) is 0.480. The Bertz CT molecular complexity index is 499. The third kappa shape index (κ3) is 10.2. The van der Waals surface area contributed by atoms with Crippen molar-refractivity contribution in [1.82, 2.24) is 0 Å². The Labute approximate surface area is 166 Å². The van der Waals surface area contributed by atoms with Gasteiger partial charge in [0.25, 0.3) is 0 Å². The van der Waals surface area contributed by atoms with Crippen LogP contribution in [0.15, 0.2) is 23.2 Å². The van der Waals surface area contributed by atoms with Crippen LogP contribution in [0, 0.1) is 5.92 Å². The number of aromatic hydroxyl groups is 1. The molecule has 0 saturated carbocycles. The Morgan fingerprint density at radius 2 is 1.75 bits per heavy atom. The maximum absolute atomic E-state index is 10.4. The van der Waals surface area contributed by atoms with E-state index in [-0.39, 0.29) is 5.41 Å². The molecular formula is C19H31Cl2NOZr. The normalized spacial score (nSPS) is 12.9. The summed E-state index contributed by atoms with van der Waals surface area (Å²) >= 11 is -0.826. The predicted octanol–water partition coefficient (Wildman–Crippen LogP) is 6.70. The molecule has 0 aliphatic heterocycles. The van der Waals surface area contributed by atoms with Gasteiger partial charge in [-0.2, -0.15) is 0 Å². The van der Waals surface area contributed by atoms with Gasteiger partial charge >= 0.3 is 37.9 Å². The number of phenolic OH excluding ortho intramolecular Hbond substituents is 1. The van der Waals surface area contributed by atoms with Gasteiger partial charge < -0.3 is 5.11 Å². The van der Waals surface area contributed by atoms with Gasteiger partial charge in [0, 0.05) is 17.8 Å². The first-order valence-electron chi connectivity index (χ1n) is 8.45. The summed E-state index contributed by atoms with van der Waals surface area (Å²) in [5, 5.41) is 10.4. The second-order valence-corrected chi connectivity index (χ2v) is 11.2. The average Bonchev–Trinajstić information content (AvgIpc) is 2.45. The van der Waals surface area contributed by atoms with Crippen molar-refractivity contribution in [2.75, 3.05) is 0 Å². The van der Waals surface area contributed by atoms with Gasteiger partial charge in [0.05, 0.1) is 0 Å². The second-order valence-electron chi connectivity index (χ2n) is 7.52. The number of benzene rings is 1. The molecule has 1 atom stereocenters. The number of hydrogen-bond donors (Lipinski definition) is 1. The maximum atomic E-state index is 10.4. The number of aliphatic imine (C=N–C) groups is 1. The van der Waals surface area contributed by atoms with Gasteiger partial charge in [-0.05, 0) is 36.3 Å². The van der Waals surface area contributed by atoms with Crippen LogP contribution in [-0.4, -0.2) is 17.4 Å². The zero-order valence-electron chi connectivity index (χ0n) is 15.7. The summed E-state index contributed by atoms with van der Waals surface area (Å²) in [5.74, 6) is 1.12. The topological polar surface area (TPSA) is 32.6 Å². The fourth-order valence-electron chi connectivity index (χ4n) is 2.37. The van der Waals surface area contributed by atoms with Crippen LogP contribution in [0.1, 0.15) is 71.9 Å². The van der Waals surface area contributed by atoms with Crippen LogP contribution in [-0.2, 0) is 26.3 Å². The van der Waals surface area contributed by atoms with E-state index in [2.05, 4.69) is 46.5 Å². The fourth-order valence-corrected chi connectivity index (χ4v) is 2.37. The predicted molar refractivity (Wildman–Crippen MR) is 104 cm³/mol. The fraction of sp³-hybridized carbons (Fsp3) is 0.632. The van der Waals surface area contributed by atoms with E-state index in [0.717, 1.165) is 23.5 Å². The van der Waals surface area contributed by atoms with E-state index >= 15 is 0 Å². The molecule has 0 amide bonds. The SMILES string of the molecule is CC(C)CCCC(C)N=Cc1cccc(C(C)(C)C)c1O.[Cl][Zr][Cl]. The molecule has 5 heteroatoms. The van der Waals surface area contributed by atoms with Crippen molar-refractivity contribution in [2.24, 2.45) is 10.9 Å². The van der Waals surface area contributed by atoms with Crippen LogP contribution >= 0.6 is 17.0 Å². The van der Waals surface area contributed by atoms with Crippen LogP contribution in [0.25, 0.3) is 0 Å². The van der Waals surface area contributed by atoms with Crippen molar-refractivity contribution in [3.63, 3.8) is 0 Å². The van der Waals surface area contributed by atoms with Crippen LogP contribution in [0.5, 0.6) is 5.75 Å². The summed E-state index contributed by atoms with van der Waals surface area (Å²) in [7, 11) is 9.87. The van der Waals surface area contributed by atoms with E-state index in [1.54, 1.807) is 0 Å². The van der Waals surface area contributed by atoms with Crippen molar-refractivity contribution in [2.45, 2.75) is 72.3 Å². The van der Waals surface area contributed by atoms with Crippen LogP contribution in [0.4, 0.5) is 0 Å². The number of phenols is 1. The molecule has 1 aromatic rings. The molecule has 1 rings (SSSR count). The Hall–Kier alpha value is 0.153. The number of halogens is 2. The van der Waals surface area contributed by atoms with E-state index in [1.807, 2.05) is 24.4 Å². The number of para-hydroxylation sites is 1. The first-order valence-corrected chi connectivity index (χ1v) is 14.8. The summed E-state index contributed by atoms with van der Waals surface area (Å²) in [4.78, 5) is 4.59. The third-order valence-electron chi connectivity index (χ3n) is 3.75. The van der Waals surface area contributed by atoms with Gasteiger partial charge in [-0.15, -0.1) is 0 Å². The van der Waals surface area contributed by atoms with E-state index < -0.39 is 20.8 Å². The summed E-state index contributed by atoms with van der Waals surface area (Å²) in [5.41, 5.74) is 1.73. The van der Waals surface area contributed by atoms with E-state index in [1.165, 1.54) is 12.8 Å². The van der Waals surface area contributed by atoms with Crippen molar-refractivity contribution in [3.05, 3.63) is 29.3 Å². The summed E-state index contributed by atoms with van der Waals surface area (Å²) < 4.78 is 0. The summed E-state index contributed by atoms with van der Waals surface area (Å²) in [6, 6.07) is 6.21. The monoisotopic (exact) mass is 449 g/mol. The van der Waals surface area contributed by atoms with E-state index in [9.17, 15) is 5.11 Å². The van der Waals surface area contributed by atoms with E-state index in [4.69, 9.17) is 17.0 Å². The van der Waals surface area contributed by atoms with Crippen molar-refractivity contribution >= 4 is 23.2 Å². The molecule has 0 spiro atoms. The molecule has 1 aromatic carbocycles. The Kier molecular flexibility index (Phi) is 12.6. The molecule has 0 bridgehead atoms. The Morgan fingerprint density at radius 3 is 2.25 bits per heavy atom. The molecule has 0 aliphatic rings. The molecule has 2 nitrogen and oxygen atoms in total. The third-order valence-corrected chi connectivity index (χ3v) is 3.75. The number of rotatable bonds is 6. The van der Waals surface area contributed by atoms with Gasteiger partial charge in [0.2, 0.25) is 0 Å². The summed E-state index contributed by atoms with van der Waals surface area (Å²) in [6.07, 6.45) is 5.40. The van der Waals surface area contributed by atoms with Gasteiger partial charge in [-0.1, -0.05) is 59.6 Å². The molecule has 136 valence electrons. The average molecular weight is 452 g/mol. The Morgan fingerprint density at radius 1 is 1.17 bits per heavy atom. The summed E-state index contributed by atoms with van der Waals surface area (Å²) in [6.45, 7) is 13.0.